The van der Waals surface area contributed by atoms with Gasteiger partial charge in [0.1, 0.15) is 5.82 Å². The number of rotatable bonds is 3. The Morgan fingerprint density at radius 2 is 1.96 bits per heavy atom. The van der Waals surface area contributed by atoms with Crippen molar-refractivity contribution in [1.29, 1.82) is 0 Å². The lowest BCUT2D eigenvalue weighted by Crippen LogP contribution is -2.44. The molecular formula is C17H21FN4O. The summed E-state index contributed by atoms with van der Waals surface area (Å²) in [7, 11) is 0. The average molecular weight is 316 g/mol. The summed E-state index contributed by atoms with van der Waals surface area (Å²) in [4.78, 5) is 15.8. The van der Waals surface area contributed by atoms with Crippen LogP contribution in [0.3, 0.4) is 0 Å². The number of hydrogen-bond acceptors (Lipinski definition) is 4. The van der Waals surface area contributed by atoms with E-state index in [0.29, 0.717) is 23.7 Å². The largest absolute Gasteiger partial charge is 0.367 e. The van der Waals surface area contributed by atoms with Crippen LogP contribution in [0.25, 0.3) is 0 Å². The molecule has 2 fully saturated rings. The molecule has 1 saturated carbocycles. The van der Waals surface area contributed by atoms with Gasteiger partial charge < -0.3 is 20.9 Å². The molecule has 2 heterocycles. The normalized spacial score (nSPS) is 21.0. The second-order valence-corrected chi connectivity index (χ2v) is 6.50. The minimum atomic E-state index is -0.423. The molecule has 5 nitrogen and oxygen atoms in total. The van der Waals surface area contributed by atoms with Gasteiger partial charge in [0.05, 0.1) is 5.69 Å². The number of carbonyl (C=O) groups excluding carboxylic acids is 1. The molecule has 0 radical (unpaired) electrons. The van der Waals surface area contributed by atoms with E-state index in [9.17, 15) is 9.18 Å². The smallest absolute Gasteiger partial charge is 0.246 e. The molecule has 1 amide bonds. The lowest BCUT2D eigenvalue weighted by molar-refractivity contribution is -0.114. The van der Waals surface area contributed by atoms with Gasteiger partial charge in [-0.15, -0.1) is 0 Å². The first kappa shape index (κ1) is 14.5. The van der Waals surface area contributed by atoms with Crippen LogP contribution in [0.1, 0.15) is 18.4 Å². The highest BCUT2D eigenvalue weighted by atomic mass is 19.1. The monoisotopic (exact) mass is 316 g/mol. The molecule has 122 valence electrons. The van der Waals surface area contributed by atoms with Crippen LogP contribution in [0.4, 0.5) is 15.8 Å². The maximum Gasteiger partial charge on any atom is 0.246 e. The fourth-order valence-electron chi connectivity index (χ4n) is 3.42. The fraction of sp³-hybridized carbons (Fsp3) is 0.471. The summed E-state index contributed by atoms with van der Waals surface area (Å²) in [5, 5.41) is 3.29. The molecule has 0 atom stereocenters. The van der Waals surface area contributed by atoms with Crippen LogP contribution in [0.5, 0.6) is 0 Å². The number of nitrogens with two attached hydrogens (primary N) is 1. The van der Waals surface area contributed by atoms with Crippen LogP contribution in [0, 0.1) is 5.82 Å². The predicted molar refractivity (Wildman–Crippen MR) is 88.0 cm³/mol. The summed E-state index contributed by atoms with van der Waals surface area (Å²) in [6.07, 6.45) is 4.47. The Balaban J connectivity index is 1.74. The van der Waals surface area contributed by atoms with Crippen LogP contribution >= 0.6 is 0 Å². The molecule has 23 heavy (non-hydrogen) atoms. The zero-order valence-corrected chi connectivity index (χ0v) is 13.0. The molecule has 1 aromatic rings. The molecule has 3 aliphatic rings. The number of fused-ring (bicyclic) bond motifs is 1. The third-order valence-corrected chi connectivity index (χ3v) is 4.82. The zero-order valence-electron chi connectivity index (χ0n) is 13.0. The first-order chi connectivity index (χ1) is 11.1. The number of halogens is 1. The Hall–Kier alpha value is -2.08. The quantitative estimate of drug-likeness (QED) is 0.877. The average Bonchev–Trinajstić information content (AvgIpc) is 3.38. The summed E-state index contributed by atoms with van der Waals surface area (Å²) in [6, 6.07) is 3.94. The molecule has 0 unspecified atom stereocenters. The third kappa shape index (κ3) is 2.67. The Morgan fingerprint density at radius 1 is 1.22 bits per heavy atom. The number of carbonyl (C=O) groups is 1. The van der Waals surface area contributed by atoms with Gasteiger partial charge in [0.25, 0.3) is 0 Å². The van der Waals surface area contributed by atoms with Gasteiger partial charge in [0, 0.05) is 56.1 Å². The minimum absolute atomic E-state index is 0.216. The van der Waals surface area contributed by atoms with Gasteiger partial charge in [-0.1, -0.05) is 0 Å². The van der Waals surface area contributed by atoms with E-state index in [1.165, 1.54) is 0 Å². The number of nitrogens with one attached hydrogen (secondary N) is 1. The molecule has 0 aromatic heterocycles. The lowest BCUT2D eigenvalue weighted by atomic mass is 9.97. The van der Waals surface area contributed by atoms with E-state index < -0.39 is 5.91 Å². The highest BCUT2D eigenvalue weighted by molar-refractivity contribution is 5.94. The maximum atomic E-state index is 14.6. The van der Waals surface area contributed by atoms with Crippen LogP contribution in [0.2, 0.25) is 0 Å². The third-order valence-electron chi connectivity index (χ3n) is 4.82. The van der Waals surface area contributed by atoms with E-state index >= 15 is 0 Å². The van der Waals surface area contributed by atoms with Crippen LogP contribution < -0.4 is 20.9 Å². The molecule has 4 rings (SSSR count). The summed E-state index contributed by atoms with van der Waals surface area (Å²) in [5.41, 5.74) is 8.53. The summed E-state index contributed by atoms with van der Waals surface area (Å²) in [5.74, 6) is -0.639. The van der Waals surface area contributed by atoms with E-state index in [1.807, 2.05) is 12.3 Å². The van der Waals surface area contributed by atoms with E-state index in [2.05, 4.69) is 15.1 Å². The maximum absolute atomic E-state index is 14.6. The summed E-state index contributed by atoms with van der Waals surface area (Å²) >= 11 is 0. The van der Waals surface area contributed by atoms with Crippen molar-refractivity contribution in [3.63, 3.8) is 0 Å². The van der Waals surface area contributed by atoms with Gasteiger partial charge in [-0.05, 0) is 30.5 Å². The fourth-order valence-corrected chi connectivity index (χ4v) is 3.42. The first-order valence-electron chi connectivity index (χ1n) is 8.20. The van der Waals surface area contributed by atoms with Gasteiger partial charge in [0.2, 0.25) is 5.91 Å². The van der Waals surface area contributed by atoms with E-state index in [0.717, 1.165) is 50.3 Å². The van der Waals surface area contributed by atoms with Crippen LogP contribution in [-0.2, 0) is 11.2 Å². The Kier molecular flexibility index (Phi) is 3.49. The standard InChI is InChI=1S/C17H21FN4O/c18-14-8-11-7-12(17(19)23)10-22(13-1-2-13)15(11)9-16(14)21-5-3-20-4-6-21/h8-10,13,20H,1-7H2,(H2,19,23). The van der Waals surface area contributed by atoms with Crippen molar-refractivity contribution in [3.05, 3.63) is 35.3 Å². The Labute approximate surface area is 134 Å². The molecule has 6 heteroatoms. The first-order valence-corrected chi connectivity index (χ1v) is 8.20. The summed E-state index contributed by atoms with van der Waals surface area (Å²) < 4.78 is 14.6. The van der Waals surface area contributed by atoms with Gasteiger partial charge in [-0.25, -0.2) is 4.39 Å². The minimum Gasteiger partial charge on any atom is -0.367 e. The highest BCUT2D eigenvalue weighted by Crippen LogP contribution is 2.40. The zero-order chi connectivity index (χ0) is 16.0. The van der Waals surface area contributed by atoms with Gasteiger partial charge in [-0.3, -0.25) is 4.79 Å². The number of piperazine rings is 1. The molecule has 1 aliphatic carbocycles. The van der Waals surface area contributed by atoms with Crippen molar-refractivity contribution in [2.75, 3.05) is 36.0 Å². The number of benzene rings is 1. The van der Waals surface area contributed by atoms with E-state index in [1.54, 1.807) is 6.07 Å². The highest BCUT2D eigenvalue weighted by Gasteiger charge is 2.33. The van der Waals surface area contributed by atoms with E-state index in [-0.39, 0.29) is 5.82 Å². The molecule has 2 aliphatic heterocycles. The van der Waals surface area contributed by atoms with Gasteiger partial charge >= 0.3 is 0 Å². The second kappa shape index (κ2) is 5.53. The predicted octanol–water partition coefficient (Wildman–Crippen LogP) is 1.13. The van der Waals surface area contributed by atoms with Crippen molar-refractivity contribution in [1.82, 2.24) is 5.32 Å². The SMILES string of the molecule is NC(=O)C1=CN(C2CC2)c2cc(N3CCNCC3)c(F)cc2C1. The number of hydrogen-bond donors (Lipinski definition) is 2. The van der Waals surface area contributed by atoms with Crippen LogP contribution in [0.15, 0.2) is 23.9 Å². The lowest BCUT2D eigenvalue weighted by Gasteiger charge is -2.33. The molecule has 1 saturated heterocycles. The molecule has 0 spiro atoms. The van der Waals surface area contributed by atoms with Crippen LogP contribution in [-0.4, -0.2) is 38.1 Å². The van der Waals surface area contributed by atoms with Crippen molar-refractivity contribution < 1.29 is 9.18 Å². The van der Waals surface area contributed by atoms with Gasteiger partial charge in [-0.2, -0.15) is 0 Å². The topological polar surface area (TPSA) is 61.6 Å². The molecule has 0 bridgehead atoms. The number of primary amides is 1. The van der Waals surface area contributed by atoms with Crippen molar-refractivity contribution >= 4 is 17.3 Å². The van der Waals surface area contributed by atoms with Crippen molar-refractivity contribution in [2.24, 2.45) is 5.73 Å². The number of anilines is 2. The molecular weight excluding hydrogens is 295 g/mol. The van der Waals surface area contributed by atoms with E-state index in [4.69, 9.17) is 5.73 Å². The van der Waals surface area contributed by atoms with Crippen molar-refractivity contribution in [3.8, 4) is 0 Å². The summed E-state index contributed by atoms with van der Waals surface area (Å²) in [6.45, 7) is 3.35. The number of amides is 1. The van der Waals surface area contributed by atoms with Crippen molar-refractivity contribution in [2.45, 2.75) is 25.3 Å². The Bertz CT molecular complexity index is 677. The molecule has 1 aromatic carbocycles. The Morgan fingerprint density at radius 3 is 2.61 bits per heavy atom. The number of nitrogens with zero attached hydrogens (tertiary/aromatic N) is 2. The second-order valence-electron chi connectivity index (χ2n) is 6.50. The van der Waals surface area contributed by atoms with Gasteiger partial charge in [0.15, 0.2) is 0 Å². The molecule has 3 N–H and O–H groups in total.